The molecule has 3 heterocycles. The molecule has 0 aliphatic heterocycles. The van der Waals surface area contributed by atoms with E-state index in [2.05, 4.69) is 139 Å². The Morgan fingerprint density at radius 3 is 2.25 bits per heavy atom. The van der Waals surface area contributed by atoms with Crippen molar-refractivity contribution < 1.29 is 25.8 Å². The van der Waals surface area contributed by atoms with Gasteiger partial charge in [0.2, 0.25) is 0 Å². The summed E-state index contributed by atoms with van der Waals surface area (Å²) in [7, 11) is 0. The van der Waals surface area contributed by atoms with Gasteiger partial charge in [-0.1, -0.05) is 82.5 Å². The molecule has 6 heteroatoms. The molecule has 4 aromatic carbocycles. The number of aryl methyl sites for hydroxylation is 5. The summed E-state index contributed by atoms with van der Waals surface area (Å²) in [6.45, 7) is 17.6. The maximum absolute atomic E-state index is 6.66. The molecular formula is C46H48N4OPt. The van der Waals surface area contributed by atoms with Crippen LogP contribution in [0, 0.1) is 32.9 Å². The smallest absolute Gasteiger partial charge is 0.509 e. The van der Waals surface area contributed by atoms with Crippen LogP contribution in [0.5, 0.6) is 11.5 Å². The van der Waals surface area contributed by atoms with Crippen molar-refractivity contribution >= 4 is 21.8 Å². The average Bonchev–Trinajstić information content (AvgIpc) is 3.62. The van der Waals surface area contributed by atoms with E-state index in [1.54, 1.807) is 0 Å². The van der Waals surface area contributed by atoms with E-state index in [0.717, 1.165) is 82.4 Å². The van der Waals surface area contributed by atoms with Gasteiger partial charge in [-0.25, -0.2) is 4.98 Å². The quantitative estimate of drug-likeness (QED) is 0.122. The van der Waals surface area contributed by atoms with Gasteiger partial charge in [-0.2, -0.15) is 11.2 Å². The number of hydrogen-bond donors (Lipinski definition) is 0. The van der Waals surface area contributed by atoms with Crippen LogP contribution in [0.1, 0.15) is 92.6 Å². The van der Waals surface area contributed by atoms with E-state index >= 15 is 0 Å². The maximum Gasteiger partial charge on any atom is 2.00 e. The van der Waals surface area contributed by atoms with Crippen LogP contribution in [-0.4, -0.2) is 19.3 Å². The van der Waals surface area contributed by atoms with E-state index in [4.69, 9.17) is 14.8 Å². The van der Waals surface area contributed by atoms with Crippen molar-refractivity contribution in [2.24, 2.45) is 0 Å². The molecule has 0 aliphatic carbocycles. The molecule has 7 aromatic rings. The van der Waals surface area contributed by atoms with Crippen LogP contribution in [0.3, 0.4) is 0 Å². The van der Waals surface area contributed by atoms with Crippen molar-refractivity contribution in [3.05, 3.63) is 130 Å². The standard InChI is InChI=1S/C46H48N4O.Pt/c1-9-12-15-33-20-21-47-44(24-33)49-42-17-14-13-16-40(42)41-19-18-38(28-43(41)49)51-39-26-36(29(4)5)25-37(27-39)50-32(8)45(31(7)48-50)46-34(10-2)22-30(6)23-35(46)11-3;/h13-14,16-26,29H,9-12,15H2,1-8H3;/q-2;+2. The number of aromatic nitrogens is 4. The van der Waals surface area contributed by atoms with Crippen LogP contribution < -0.4 is 4.74 Å². The zero-order valence-electron chi connectivity index (χ0n) is 31.6. The van der Waals surface area contributed by atoms with Crippen LogP contribution in [0.4, 0.5) is 0 Å². The molecule has 7 rings (SSSR count). The van der Waals surface area contributed by atoms with Crippen molar-refractivity contribution in [2.75, 3.05) is 0 Å². The number of benzene rings is 4. The minimum atomic E-state index is 0. The summed E-state index contributed by atoms with van der Waals surface area (Å²) in [5.41, 5.74) is 14.1. The van der Waals surface area contributed by atoms with Crippen molar-refractivity contribution in [1.29, 1.82) is 0 Å². The van der Waals surface area contributed by atoms with Gasteiger partial charge in [-0.15, -0.1) is 41.3 Å². The second-order valence-electron chi connectivity index (χ2n) is 14.1. The maximum atomic E-state index is 6.66. The van der Waals surface area contributed by atoms with E-state index in [1.165, 1.54) is 33.4 Å². The Kier molecular flexibility index (Phi) is 11.2. The van der Waals surface area contributed by atoms with E-state index in [-0.39, 0.29) is 27.0 Å². The predicted molar refractivity (Wildman–Crippen MR) is 211 cm³/mol. The predicted octanol–water partition coefficient (Wildman–Crippen LogP) is 11.9. The normalized spacial score (nSPS) is 11.5. The third kappa shape index (κ3) is 7.00. The Bertz CT molecular complexity index is 2360. The van der Waals surface area contributed by atoms with Crippen molar-refractivity contribution in [3.8, 4) is 34.1 Å². The summed E-state index contributed by atoms with van der Waals surface area (Å²) >= 11 is 0. The molecule has 0 saturated carbocycles. The van der Waals surface area contributed by atoms with Crippen LogP contribution >= 0.6 is 0 Å². The molecule has 0 unspecified atom stereocenters. The van der Waals surface area contributed by atoms with Gasteiger partial charge in [0.25, 0.3) is 0 Å². The Balaban J connectivity index is 0.00000464. The third-order valence-electron chi connectivity index (χ3n) is 10.1. The zero-order valence-corrected chi connectivity index (χ0v) is 33.9. The van der Waals surface area contributed by atoms with Crippen molar-refractivity contribution in [3.63, 3.8) is 0 Å². The SMILES string of the molecule is CCCCc1ccnc(-n2c3[c-]c(Oc4[c-]c(-n5nc(C)c(-c6c(CC)cc(C)cc6CC)c5C)cc(C(C)C)c4)ccc3c3ccccc32)c1.[Pt+2]. The molecule has 268 valence electrons. The summed E-state index contributed by atoms with van der Waals surface area (Å²) in [5, 5.41) is 7.41. The molecule has 0 radical (unpaired) electrons. The second kappa shape index (κ2) is 15.6. The monoisotopic (exact) mass is 867 g/mol. The molecule has 0 atom stereocenters. The third-order valence-corrected chi connectivity index (χ3v) is 10.1. The fourth-order valence-electron chi connectivity index (χ4n) is 7.52. The molecule has 0 spiro atoms. The first kappa shape index (κ1) is 37.3. The number of pyridine rings is 1. The number of para-hydroxylation sites is 1. The summed E-state index contributed by atoms with van der Waals surface area (Å²) in [4.78, 5) is 4.83. The van der Waals surface area contributed by atoms with Gasteiger partial charge in [0, 0.05) is 34.5 Å². The number of fused-ring (bicyclic) bond motifs is 3. The van der Waals surface area contributed by atoms with Gasteiger partial charge in [0.15, 0.2) is 0 Å². The van der Waals surface area contributed by atoms with E-state index < -0.39 is 0 Å². The van der Waals surface area contributed by atoms with Crippen molar-refractivity contribution in [2.45, 2.75) is 93.4 Å². The Morgan fingerprint density at radius 2 is 1.54 bits per heavy atom. The zero-order chi connectivity index (χ0) is 35.8. The summed E-state index contributed by atoms with van der Waals surface area (Å²) in [5.74, 6) is 2.45. The fraction of sp³-hybridized carbons (Fsp3) is 0.304. The molecule has 0 N–H and O–H groups in total. The molecular weight excluding hydrogens is 820 g/mol. The molecule has 0 saturated heterocycles. The molecule has 0 fully saturated rings. The first-order valence-electron chi connectivity index (χ1n) is 18.6. The van der Waals surface area contributed by atoms with Gasteiger partial charge >= 0.3 is 21.1 Å². The van der Waals surface area contributed by atoms with Gasteiger partial charge in [-0.3, -0.25) is 4.68 Å². The second-order valence-corrected chi connectivity index (χ2v) is 14.1. The number of nitrogens with zero attached hydrogens (tertiary/aromatic N) is 4. The summed E-state index contributed by atoms with van der Waals surface area (Å²) in [6.07, 6.45) is 7.21. The van der Waals surface area contributed by atoms with Crippen LogP contribution in [0.15, 0.2) is 79.0 Å². The molecule has 0 bridgehead atoms. The Labute approximate surface area is 323 Å². The van der Waals surface area contributed by atoms with Crippen LogP contribution in [0.25, 0.3) is 44.4 Å². The topological polar surface area (TPSA) is 44.9 Å². The largest absolute Gasteiger partial charge is 2.00 e. The number of rotatable bonds is 11. The Morgan fingerprint density at radius 1 is 0.788 bits per heavy atom. The molecule has 0 aliphatic rings. The van der Waals surface area contributed by atoms with Crippen LogP contribution in [-0.2, 0) is 40.3 Å². The van der Waals surface area contributed by atoms with Gasteiger partial charge in [-0.05, 0) is 104 Å². The van der Waals surface area contributed by atoms with E-state index in [1.807, 2.05) is 16.9 Å². The first-order chi connectivity index (χ1) is 24.7. The summed E-state index contributed by atoms with van der Waals surface area (Å²) < 4.78 is 10.9. The molecule has 3 aromatic heterocycles. The Hall–Kier alpha value is -4.47. The van der Waals surface area contributed by atoms with Gasteiger partial charge < -0.3 is 9.30 Å². The van der Waals surface area contributed by atoms with Crippen LogP contribution in [0.2, 0.25) is 0 Å². The first-order valence-corrected chi connectivity index (χ1v) is 18.6. The van der Waals surface area contributed by atoms with Gasteiger partial charge in [0.1, 0.15) is 5.82 Å². The molecule has 5 nitrogen and oxygen atoms in total. The number of unbranched alkanes of at least 4 members (excludes halogenated alkanes) is 1. The van der Waals surface area contributed by atoms with E-state index in [0.29, 0.717) is 11.5 Å². The van der Waals surface area contributed by atoms with E-state index in [9.17, 15) is 0 Å². The molecule has 52 heavy (non-hydrogen) atoms. The number of hydrogen-bond acceptors (Lipinski definition) is 3. The molecule has 0 amide bonds. The number of ether oxygens (including phenoxy) is 1. The van der Waals surface area contributed by atoms with Gasteiger partial charge in [0.05, 0.1) is 5.69 Å². The van der Waals surface area contributed by atoms with Crippen molar-refractivity contribution in [1.82, 2.24) is 19.3 Å². The minimum Gasteiger partial charge on any atom is -0.509 e. The minimum absolute atomic E-state index is 0. The average molecular weight is 868 g/mol. The summed E-state index contributed by atoms with van der Waals surface area (Å²) in [6, 6.07) is 33.1. The fourth-order valence-corrected chi connectivity index (χ4v) is 7.52.